The molecule has 16 nitrogen and oxygen atoms in total. The fraction of sp³-hybridized carbons (Fsp3) is 0.932. The highest BCUT2D eigenvalue weighted by molar-refractivity contribution is 5.78. The van der Waals surface area contributed by atoms with E-state index in [-0.39, 0.29) is 132 Å². The third kappa shape index (κ3) is 22.3. The summed E-state index contributed by atoms with van der Waals surface area (Å²) in [6.07, 6.45) is -0.840. The second kappa shape index (κ2) is 34.7. The minimum absolute atomic E-state index is 0. The Morgan fingerprint density at radius 1 is 0.536 bits per heavy atom. The molecular formula is C73H140F8O16. The summed E-state index contributed by atoms with van der Waals surface area (Å²) in [7, 11) is 0. The molecule has 6 unspecified atom stereocenters. The Morgan fingerprint density at radius 2 is 0.897 bits per heavy atom. The molecule has 7 aliphatic rings. The van der Waals surface area contributed by atoms with Crippen molar-refractivity contribution in [3.8, 4) is 0 Å². The minimum Gasteiger partial charge on any atom is -0.462 e. The molecule has 2 aliphatic heterocycles. The molecule has 0 amide bonds. The molecule has 0 spiro atoms. The maximum atomic E-state index is 14.0. The first-order chi connectivity index (χ1) is 39.6. The zero-order valence-corrected chi connectivity index (χ0v) is 57.0. The third-order valence-electron chi connectivity index (χ3n) is 21.3. The van der Waals surface area contributed by atoms with E-state index in [4.69, 9.17) is 23.7 Å². The quantitative estimate of drug-likeness (QED) is 0.0568. The molecule has 5 aliphatic carbocycles. The Bertz CT molecular complexity index is 2450. The maximum Gasteiger partial charge on any atom is 0.449 e. The standard InChI is InChI=1S/C22H38O4.C21H37F3O4.C12H17F5O4.C10H16O4.8CH4/c1-8-17(2,3)16(23)26-22-11-15-9-20(13-22,18(4,5)24)12-21(10-15,14-22)19(6,7)25;1-9-17(2,3)16(25)27-15-12-10-14(11-13-15)18(4,5)28-19(6,7)20(8,26)21(22,23)24;1-5-8(2,3)7(18)21-9(4)6-20-11(19,10(9,13)14)12(15,16)17;1-4-10(2,3)9(12)14-7-5-8(11)13-6-7;;;;;;;;/h15,24-25H,8-14H2,1-7H3;14-15,26H,9-13H2,1-8H3;19H,5-6H2,1-4H3;7H,4-6H2,1-3H3;8*1H4. The fourth-order valence-electron chi connectivity index (χ4n) is 12.5. The van der Waals surface area contributed by atoms with E-state index >= 15 is 0 Å². The summed E-state index contributed by atoms with van der Waals surface area (Å²) in [5.74, 6) is -11.1. The van der Waals surface area contributed by atoms with Crippen LogP contribution in [0.5, 0.6) is 0 Å². The first-order valence-corrected chi connectivity index (χ1v) is 31.4. The van der Waals surface area contributed by atoms with Crippen LogP contribution in [0.25, 0.3) is 0 Å². The van der Waals surface area contributed by atoms with Gasteiger partial charge in [0.1, 0.15) is 30.0 Å². The van der Waals surface area contributed by atoms with E-state index in [1.807, 2.05) is 90.0 Å². The van der Waals surface area contributed by atoms with Crippen molar-refractivity contribution in [3.63, 3.8) is 0 Å². The molecule has 4 bridgehead atoms. The summed E-state index contributed by atoms with van der Waals surface area (Å²) in [6, 6.07) is 0. The molecule has 97 heavy (non-hydrogen) atoms. The van der Waals surface area contributed by atoms with Gasteiger partial charge in [-0.05, 0) is 226 Å². The lowest BCUT2D eigenvalue weighted by molar-refractivity contribution is -0.409. The second-order valence-electron chi connectivity index (χ2n) is 31.4. The Kier molecular flexibility index (Phi) is 37.4. The fourth-order valence-corrected chi connectivity index (χ4v) is 12.5. The van der Waals surface area contributed by atoms with Gasteiger partial charge in [-0.25, -0.2) is 0 Å². The average molecular weight is 1430 g/mol. The smallest absolute Gasteiger partial charge is 0.449 e. The van der Waals surface area contributed by atoms with Gasteiger partial charge >= 0.3 is 53.9 Å². The van der Waals surface area contributed by atoms with E-state index in [0.717, 1.165) is 39.0 Å². The number of esters is 5. The van der Waals surface area contributed by atoms with Crippen molar-refractivity contribution < 1.29 is 113 Å². The van der Waals surface area contributed by atoms with Gasteiger partial charge in [-0.15, -0.1) is 0 Å². The molecule has 584 valence electrons. The van der Waals surface area contributed by atoms with E-state index in [0.29, 0.717) is 64.2 Å². The predicted molar refractivity (Wildman–Crippen MR) is 367 cm³/mol. The van der Waals surface area contributed by atoms with Crippen LogP contribution in [0.4, 0.5) is 35.1 Å². The van der Waals surface area contributed by atoms with Crippen LogP contribution in [0, 0.1) is 44.3 Å². The number of aliphatic hydroxyl groups is 4. The van der Waals surface area contributed by atoms with Crippen LogP contribution >= 0.6 is 0 Å². The number of cyclic esters (lactones) is 1. The van der Waals surface area contributed by atoms with E-state index in [2.05, 4.69) is 9.47 Å². The summed E-state index contributed by atoms with van der Waals surface area (Å²) in [4.78, 5) is 59.3. The SMILES string of the molecule is C.C.C.C.C.C.C.C.CCC(C)(C)C(=O)OC1(C)COC(O)(C(F)(F)F)C1(F)F.CCC(C)(C)C(=O)OC12CC3CC(C(C)(C)O)(C1)CC(C(C)(C)O)(C3)C2.CCC(C)(C)C(=O)OC1CCC(C(C)(C)OC(C)(C)C(C)(O)C(F)(F)F)CC1.CCC(C)(C)C(=O)OC1COC(=O)C1. The largest absolute Gasteiger partial charge is 0.462 e. The van der Waals surface area contributed by atoms with Crippen molar-refractivity contribution in [1.29, 1.82) is 0 Å². The maximum absolute atomic E-state index is 14.0. The highest BCUT2D eigenvalue weighted by Crippen LogP contribution is 2.73. The van der Waals surface area contributed by atoms with E-state index in [9.17, 15) is 79.5 Å². The normalized spacial score (nSPS) is 28.1. The summed E-state index contributed by atoms with van der Waals surface area (Å²) >= 11 is 0. The molecule has 7 rings (SSSR count). The third-order valence-corrected chi connectivity index (χ3v) is 21.3. The van der Waals surface area contributed by atoms with Crippen molar-refractivity contribution in [2.24, 2.45) is 44.3 Å². The van der Waals surface area contributed by atoms with Gasteiger partial charge in [0, 0.05) is 10.8 Å². The molecule has 4 N–H and O–H groups in total. The lowest BCUT2D eigenvalue weighted by atomic mass is 9.37. The molecule has 5 saturated carbocycles. The number of carbonyl (C=O) groups excluding carboxylic acids is 5. The number of hydrogen-bond donors (Lipinski definition) is 4. The first kappa shape index (κ1) is 105. The van der Waals surface area contributed by atoms with Gasteiger partial charge in [-0.2, -0.15) is 35.1 Å². The molecule has 2 heterocycles. The van der Waals surface area contributed by atoms with Gasteiger partial charge in [-0.1, -0.05) is 87.1 Å². The van der Waals surface area contributed by atoms with Gasteiger partial charge < -0.3 is 53.6 Å². The van der Waals surface area contributed by atoms with Crippen molar-refractivity contribution in [2.45, 2.75) is 384 Å². The summed E-state index contributed by atoms with van der Waals surface area (Å²) < 4.78 is 142. The van der Waals surface area contributed by atoms with Gasteiger partial charge in [-0.3, -0.25) is 24.0 Å². The molecule has 0 radical (unpaired) electrons. The Labute approximate surface area is 581 Å². The van der Waals surface area contributed by atoms with Gasteiger partial charge in [0.2, 0.25) is 5.60 Å². The van der Waals surface area contributed by atoms with Crippen LogP contribution in [0.2, 0.25) is 0 Å². The van der Waals surface area contributed by atoms with Crippen LogP contribution < -0.4 is 0 Å². The topological polar surface area (TPSA) is 231 Å². The van der Waals surface area contributed by atoms with Crippen LogP contribution in [-0.2, 0) is 57.1 Å². The number of halogens is 8. The summed E-state index contributed by atoms with van der Waals surface area (Å²) in [5.41, 5.74) is -14.1. The first-order valence-electron chi connectivity index (χ1n) is 31.4. The van der Waals surface area contributed by atoms with Crippen LogP contribution in [0.3, 0.4) is 0 Å². The number of alkyl halides is 8. The van der Waals surface area contributed by atoms with Crippen LogP contribution in [-0.4, -0.2) is 139 Å². The van der Waals surface area contributed by atoms with Crippen molar-refractivity contribution in [3.05, 3.63) is 0 Å². The van der Waals surface area contributed by atoms with Gasteiger partial charge in [0.25, 0.3) is 0 Å². The molecule has 2 saturated heterocycles. The number of hydrogen-bond acceptors (Lipinski definition) is 16. The highest BCUT2D eigenvalue weighted by atomic mass is 19.4. The monoisotopic (exact) mass is 1430 g/mol. The Hall–Kier alpha value is -3.45. The lowest BCUT2D eigenvalue weighted by Crippen LogP contribution is -2.70. The zero-order chi connectivity index (χ0) is 69.7. The molecule has 0 aromatic rings. The van der Waals surface area contributed by atoms with Crippen molar-refractivity contribution in [2.75, 3.05) is 13.2 Å². The van der Waals surface area contributed by atoms with Crippen LogP contribution in [0.1, 0.15) is 308 Å². The molecule has 0 aromatic heterocycles. The van der Waals surface area contributed by atoms with E-state index in [1.165, 1.54) is 27.7 Å². The molecular weight excluding hydrogens is 1280 g/mol. The Morgan fingerprint density at radius 3 is 1.22 bits per heavy atom. The van der Waals surface area contributed by atoms with Crippen molar-refractivity contribution >= 4 is 29.8 Å². The lowest BCUT2D eigenvalue weighted by Gasteiger charge is -2.70. The summed E-state index contributed by atoms with van der Waals surface area (Å²) in [5, 5.41) is 41.4. The van der Waals surface area contributed by atoms with E-state index < -0.39 is 97.5 Å². The molecule has 24 heteroatoms. The average Bonchev–Trinajstić information content (AvgIpc) is 1.11. The molecule has 7 fully saturated rings. The number of carbonyl (C=O) groups is 5. The van der Waals surface area contributed by atoms with Gasteiger partial charge in [0.15, 0.2) is 5.60 Å². The Balaban J connectivity index is -0.000000283. The highest BCUT2D eigenvalue weighted by Gasteiger charge is 2.83. The summed E-state index contributed by atoms with van der Waals surface area (Å²) in [6.45, 7) is 35.4. The molecule has 6 atom stereocenters. The predicted octanol–water partition coefficient (Wildman–Crippen LogP) is 18.6. The molecule has 0 aromatic carbocycles. The van der Waals surface area contributed by atoms with E-state index in [1.54, 1.807) is 20.8 Å². The number of rotatable bonds is 18. The van der Waals surface area contributed by atoms with Gasteiger partial charge in [0.05, 0.1) is 51.5 Å². The second-order valence-corrected chi connectivity index (χ2v) is 31.4. The van der Waals surface area contributed by atoms with Crippen LogP contribution in [0.15, 0.2) is 0 Å². The zero-order valence-electron chi connectivity index (χ0n) is 57.0. The van der Waals surface area contributed by atoms with Crippen molar-refractivity contribution in [1.82, 2.24) is 0 Å². The number of ether oxygens (including phenoxy) is 7. The minimum atomic E-state index is -5.74.